The molecule has 0 radical (unpaired) electrons. The van der Waals surface area contributed by atoms with Gasteiger partial charge in [-0.25, -0.2) is 4.98 Å². The van der Waals surface area contributed by atoms with E-state index >= 15 is 0 Å². The molecule has 7 heteroatoms. The van der Waals surface area contributed by atoms with Crippen molar-refractivity contribution in [3.8, 4) is 5.75 Å². The van der Waals surface area contributed by atoms with Crippen LogP contribution in [0.1, 0.15) is 55.7 Å². The molecule has 0 aliphatic carbocycles. The van der Waals surface area contributed by atoms with Crippen LogP contribution in [0.2, 0.25) is 0 Å². The van der Waals surface area contributed by atoms with E-state index in [0.717, 1.165) is 32.2 Å². The van der Waals surface area contributed by atoms with Crippen molar-refractivity contribution in [2.75, 3.05) is 11.9 Å². The zero-order valence-electron chi connectivity index (χ0n) is 15.9. The first kappa shape index (κ1) is 20.5. The first-order chi connectivity index (χ1) is 13.0. The van der Waals surface area contributed by atoms with Crippen molar-refractivity contribution < 1.29 is 19.4 Å². The van der Waals surface area contributed by atoms with Crippen molar-refractivity contribution in [3.63, 3.8) is 0 Å². The van der Waals surface area contributed by atoms with Gasteiger partial charge in [-0.2, -0.15) is 0 Å². The first-order valence-corrected chi connectivity index (χ1v) is 9.35. The van der Waals surface area contributed by atoms with Crippen LogP contribution in [-0.4, -0.2) is 33.1 Å². The summed E-state index contributed by atoms with van der Waals surface area (Å²) in [5, 5.41) is 12.2. The van der Waals surface area contributed by atoms with Crippen molar-refractivity contribution in [1.29, 1.82) is 0 Å². The van der Waals surface area contributed by atoms with Crippen molar-refractivity contribution in [1.82, 2.24) is 9.55 Å². The standard InChI is InChI=1S/C20H27N3O4/c1-3-5-6-7-11-23-14-17(21-18(23)13-19(25)27-4-2)22-20(26)15-9-8-10-16(24)12-15/h8-10,12,14,24H,3-7,11,13H2,1-2H3,(H,22,26). The SMILES string of the molecule is CCCCCCn1cc(NC(=O)c2cccc(O)c2)nc1CC(=O)OCC. The molecular weight excluding hydrogens is 346 g/mol. The number of nitrogens with one attached hydrogen (secondary N) is 1. The van der Waals surface area contributed by atoms with Crippen LogP contribution in [0.4, 0.5) is 5.82 Å². The highest BCUT2D eigenvalue weighted by atomic mass is 16.5. The van der Waals surface area contributed by atoms with Gasteiger partial charge < -0.3 is 19.7 Å². The van der Waals surface area contributed by atoms with Crippen LogP contribution < -0.4 is 5.32 Å². The minimum atomic E-state index is -0.371. The fraction of sp³-hybridized carbons (Fsp3) is 0.450. The van der Waals surface area contributed by atoms with Gasteiger partial charge in [-0.15, -0.1) is 0 Å². The smallest absolute Gasteiger partial charge is 0.313 e. The molecule has 2 N–H and O–H groups in total. The second-order valence-corrected chi connectivity index (χ2v) is 6.28. The van der Waals surface area contributed by atoms with E-state index in [1.165, 1.54) is 12.1 Å². The van der Waals surface area contributed by atoms with Gasteiger partial charge in [0.2, 0.25) is 0 Å². The number of benzene rings is 1. The number of rotatable bonds is 10. The number of esters is 1. The Morgan fingerprint density at radius 1 is 1.22 bits per heavy atom. The van der Waals surface area contributed by atoms with E-state index in [0.29, 0.717) is 23.8 Å². The Bertz CT molecular complexity index is 770. The highest BCUT2D eigenvalue weighted by Gasteiger charge is 2.15. The van der Waals surface area contributed by atoms with Crippen molar-refractivity contribution in [2.24, 2.45) is 0 Å². The van der Waals surface area contributed by atoms with Gasteiger partial charge in [-0.05, 0) is 31.5 Å². The van der Waals surface area contributed by atoms with Crippen molar-refractivity contribution in [3.05, 3.63) is 41.9 Å². The summed E-state index contributed by atoms with van der Waals surface area (Å²) in [6.07, 6.45) is 6.16. The van der Waals surface area contributed by atoms with Gasteiger partial charge >= 0.3 is 5.97 Å². The molecule has 2 rings (SSSR count). The number of aryl methyl sites for hydroxylation is 1. The second-order valence-electron chi connectivity index (χ2n) is 6.28. The Hall–Kier alpha value is -2.83. The normalized spacial score (nSPS) is 10.6. The number of imidazole rings is 1. The third-order valence-electron chi connectivity index (χ3n) is 4.07. The fourth-order valence-electron chi connectivity index (χ4n) is 2.73. The van der Waals surface area contributed by atoms with Crippen LogP contribution in [0.5, 0.6) is 5.75 Å². The van der Waals surface area contributed by atoms with Crippen LogP contribution >= 0.6 is 0 Å². The summed E-state index contributed by atoms with van der Waals surface area (Å²) in [6.45, 7) is 4.95. The number of aromatic hydroxyl groups is 1. The van der Waals surface area contributed by atoms with Crippen molar-refractivity contribution in [2.45, 2.75) is 52.5 Å². The van der Waals surface area contributed by atoms with Gasteiger partial charge in [0, 0.05) is 18.3 Å². The molecular formula is C20H27N3O4. The van der Waals surface area contributed by atoms with E-state index < -0.39 is 0 Å². The zero-order valence-corrected chi connectivity index (χ0v) is 15.9. The van der Waals surface area contributed by atoms with Crippen LogP contribution in [-0.2, 0) is 22.5 Å². The maximum Gasteiger partial charge on any atom is 0.313 e. The molecule has 0 atom stereocenters. The highest BCUT2D eigenvalue weighted by Crippen LogP contribution is 2.16. The second kappa shape index (κ2) is 10.4. The number of nitrogens with zero attached hydrogens (tertiary/aromatic N) is 2. The third kappa shape index (κ3) is 6.44. The van der Waals surface area contributed by atoms with Gasteiger partial charge in [0.25, 0.3) is 5.91 Å². The predicted molar refractivity (Wildman–Crippen MR) is 103 cm³/mol. The lowest BCUT2D eigenvalue weighted by molar-refractivity contribution is -0.142. The third-order valence-corrected chi connectivity index (χ3v) is 4.07. The Labute approximate surface area is 159 Å². The minimum Gasteiger partial charge on any atom is -0.508 e. The lowest BCUT2D eigenvalue weighted by Crippen LogP contribution is -2.13. The van der Waals surface area contributed by atoms with Gasteiger partial charge in [-0.3, -0.25) is 9.59 Å². The number of carbonyl (C=O) groups excluding carboxylic acids is 2. The Morgan fingerprint density at radius 3 is 2.74 bits per heavy atom. The molecule has 1 aromatic heterocycles. The Kier molecular flexibility index (Phi) is 7.85. The molecule has 0 aliphatic heterocycles. The molecule has 0 saturated heterocycles. The maximum atomic E-state index is 12.3. The van der Waals surface area contributed by atoms with Gasteiger partial charge in [0.05, 0.1) is 6.61 Å². The number of phenols is 1. The number of unbranched alkanes of at least 4 members (excludes halogenated alkanes) is 3. The van der Waals surface area contributed by atoms with E-state index in [2.05, 4.69) is 17.2 Å². The molecule has 146 valence electrons. The van der Waals surface area contributed by atoms with Gasteiger partial charge in [-0.1, -0.05) is 32.3 Å². The summed E-state index contributed by atoms with van der Waals surface area (Å²) in [7, 11) is 0. The molecule has 7 nitrogen and oxygen atoms in total. The van der Waals surface area contributed by atoms with E-state index in [4.69, 9.17) is 4.74 Å². The molecule has 1 aromatic carbocycles. The van der Waals surface area contributed by atoms with Crippen LogP contribution in [0.3, 0.4) is 0 Å². The molecule has 0 bridgehead atoms. The number of amides is 1. The molecule has 1 heterocycles. The van der Waals surface area contributed by atoms with Gasteiger partial charge in [0.15, 0.2) is 5.82 Å². The molecule has 0 fully saturated rings. The summed E-state index contributed by atoms with van der Waals surface area (Å²) >= 11 is 0. The topological polar surface area (TPSA) is 93.5 Å². The molecule has 0 unspecified atom stereocenters. The molecule has 0 aliphatic rings. The molecule has 0 spiro atoms. The summed E-state index contributed by atoms with van der Waals surface area (Å²) < 4.78 is 6.90. The summed E-state index contributed by atoms with van der Waals surface area (Å²) in [5.74, 6) is 0.245. The quantitative estimate of drug-likeness (QED) is 0.491. The Balaban J connectivity index is 2.11. The first-order valence-electron chi connectivity index (χ1n) is 9.35. The lowest BCUT2D eigenvalue weighted by Gasteiger charge is -2.07. The van der Waals surface area contributed by atoms with E-state index in [1.807, 2.05) is 4.57 Å². The minimum absolute atomic E-state index is 0.0205. The number of ether oxygens (including phenoxy) is 1. The van der Waals surface area contributed by atoms with Crippen LogP contribution in [0.25, 0.3) is 0 Å². The number of hydrogen-bond donors (Lipinski definition) is 2. The number of carbonyl (C=O) groups is 2. The number of aromatic nitrogens is 2. The largest absolute Gasteiger partial charge is 0.508 e. The average molecular weight is 373 g/mol. The summed E-state index contributed by atoms with van der Waals surface area (Å²) in [4.78, 5) is 28.6. The number of phenolic OH excluding ortho intramolecular Hbond substituents is 1. The van der Waals surface area contributed by atoms with Crippen LogP contribution in [0.15, 0.2) is 30.5 Å². The average Bonchev–Trinajstić information content (AvgIpc) is 3.00. The van der Waals surface area contributed by atoms with Gasteiger partial charge in [0.1, 0.15) is 18.0 Å². The molecule has 27 heavy (non-hydrogen) atoms. The maximum absolute atomic E-state index is 12.3. The van der Waals surface area contributed by atoms with Crippen molar-refractivity contribution >= 4 is 17.7 Å². The number of anilines is 1. The predicted octanol–water partition coefficient (Wildman–Crippen LogP) is 3.53. The lowest BCUT2D eigenvalue weighted by atomic mass is 10.2. The summed E-state index contributed by atoms with van der Waals surface area (Å²) in [5.41, 5.74) is 0.333. The monoisotopic (exact) mass is 373 g/mol. The molecule has 2 aromatic rings. The Morgan fingerprint density at radius 2 is 2.04 bits per heavy atom. The van der Waals surface area contributed by atoms with Crippen LogP contribution in [0, 0.1) is 0 Å². The molecule has 1 amide bonds. The number of hydrogen-bond acceptors (Lipinski definition) is 5. The fourth-order valence-corrected chi connectivity index (χ4v) is 2.73. The highest BCUT2D eigenvalue weighted by molar-refractivity contribution is 6.04. The zero-order chi connectivity index (χ0) is 19.6. The summed E-state index contributed by atoms with van der Waals surface area (Å²) in [6, 6.07) is 6.09. The van der Waals surface area contributed by atoms with E-state index in [-0.39, 0.29) is 24.0 Å². The van der Waals surface area contributed by atoms with E-state index in [1.54, 1.807) is 25.3 Å². The van der Waals surface area contributed by atoms with E-state index in [9.17, 15) is 14.7 Å². The molecule has 0 saturated carbocycles.